The monoisotopic (exact) mass is 504 g/mol. The van der Waals surface area contributed by atoms with Gasteiger partial charge in [0.25, 0.3) is 0 Å². The minimum Gasteiger partial charge on any atom is -0.489 e. The van der Waals surface area contributed by atoms with Crippen LogP contribution in [0.1, 0.15) is 88.3 Å². The first-order chi connectivity index (χ1) is 18.0. The van der Waals surface area contributed by atoms with Crippen LogP contribution in [0.4, 0.5) is 0 Å². The largest absolute Gasteiger partial charge is 0.489 e. The number of rotatable bonds is 12. The number of Topliss-reactive ketones (excluding diaryl/α,β-unsaturated/α-hetero) is 1. The molecule has 0 radical (unpaired) electrons. The van der Waals surface area contributed by atoms with E-state index in [9.17, 15) is 9.59 Å². The molecule has 0 saturated heterocycles. The van der Waals surface area contributed by atoms with E-state index in [1.165, 1.54) is 36.8 Å². The van der Waals surface area contributed by atoms with E-state index in [-0.39, 0.29) is 11.7 Å². The summed E-state index contributed by atoms with van der Waals surface area (Å²) < 4.78 is 6.06. The lowest BCUT2D eigenvalue weighted by atomic mass is 10.0. The highest BCUT2D eigenvalue weighted by atomic mass is 16.5. The smallest absolute Gasteiger partial charge is 0.221 e. The Morgan fingerprint density at radius 1 is 1.00 bits per heavy atom. The third-order valence-corrected chi connectivity index (χ3v) is 7.88. The first kappa shape index (κ1) is 27.4. The molecule has 1 aliphatic heterocycles. The lowest BCUT2D eigenvalue weighted by molar-refractivity contribution is -0.132. The first-order valence-electron chi connectivity index (χ1n) is 14.3. The fourth-order valence-electron chi connectivity index (χ4n) is 5.61. The predicted octanol–water partition coefficient (Wildman–Crippen LogP) is 6.43. The van der Waals surface area contributed by atoms with Crippen molar-refractivity contribution in [3.63, 3.8) is 0 Å². The van der Waals surface area contributed by atoms with Gasteiger partial charge in [0.2, 0.25) is 5.91 Å². The molecular weight excluding hydrogens is 460 g/mol. The number of nitrogens with zero attached hydrogens (tertiary/aromatic N) is 1. The summed E-state index contributed by atoms with van der Waals surface area (Å²) >= 11 is 0. The summed E-state index contributed by atoms with van der Waals surface area (Å²) in [7, 11) is 0. The van der Waals surface area contributed by atoms with Gasteiger partial charge in [-0.2, -0.15) is 0 Å². The van der Waals surface area contributed by atoms with Gasteiger partial charge in [-0.15, -0.1) is 0 Å². The van der Waals surface area contributed by atoms with Gasteiger partial charge in [-0.3, -0.25) is 14.5 Å². The molecule has 1 amide bonds. The Morgan fingerprint density at radius 3 is 2.54 bits per heavy atom. The number of fused-ring (bicyclic) bond motifs is 1. The number of ketones is 1. The number of hydrogen-bond donors (Lipinski definition) is 1. The van der Waals surface area contributed by atoms with Gasteiger partial charge in [-0.25, -0.2) is 0 Å². The summed E-state index contributed by atoms with van der Waals surface area (Å²) in [4.78, 5) is 28.5. The molecule has 0 spiro atoms. The van der Waals surface area contributed by atoms with E-state index in [2.05, 4.69) is 48.3 Å². The van der Waals surface area contributed by atoms with Crippen LogP contribution >= 0.6 is 0 Å². The maximum atomic E-state index is 13.4. The Kier molecular flexibility index (Phi) is 10.2. The van der Waals surface area contributed by atoms with Crippen molar-refractivity contribution >= 4 is 11.7 Å². The van der Waals surface area contributed by atoms with E-state index >= 15 is 0 Å². The van der Waals surface area contributed by atoms with Gasteiger partial charge in [-0.1, -0.05) is 75.9 Å². The topological polar surface area (TPSA) is 58.6 Å². The summed E-state index contributed by atoms with van der Waals surface area (Å²) in [6, 6.07) is 16.5. The predicted molar refractivity (Wildman–Crippen MR) is 148 cm³/mol. The van der Waals surface area contributed by atoms with Crippen LogP contribution in [0.15, 0.2) is 48.5 Å². The molecule has 1 aliphatic carbocycles. The summed E-state index contributed by atoms with van der Waals surface area (Å²) in [5.41, 5.74) is 3.63. The van der Waals surface area contributed by atoms with Crippen LogP contribution in [0.25, 0.3) is 0 Å². The van der Waals surface area contributed by atoms with Crippen LogP contribution in [0, 0.1) is 11.8 Å². The second-order valence-electron chi connectivity index (χ2n) is 11.3. The molecule has 0 aromatic heterocycles. The number of hydrogen-bond acceptors (Lipinski definition) is 4. The normalized spacial score (nSPS) is 17.3. The molecule has 4 rings (SSSR count). The Bertz CT molecular complexity index is 1010. The number of benzene rings is 2. The molecule has 0 bridgehead atoms. The molecule has 5 nitrogen and oxygen atoms in total. The first-order valence-corrected chi connectivity index (χ1v) is 14.3. The summed E-state index contributed by atoms with van der Waals surface area (Å²) in [5, 5.41) is 3.16. The second kappa shape index (κ2) is 13.8. The molecule has 1 heterocycles. The third kappa shape index (κ3) is 8.43. The van der Waals surface area contributed by atoms with Crippen LogP contribution < -0.4 is 10.1 Å². The SMILES string of the molecule is CC(C)CCC(=O)C(NC(=O)CCC1CCCC1)N1CCCc2cc(OCc3ccccc3)ccc2C1. The average molecular weight is 505 g/mol. The highest BCUT2D eigenvalue weighted by Crippen LogP contribution is 2.29. The number of ether oxygens (including phenoxy) is 1. The zero-order chi connectivity index (χ0) is 26.0. The van der Waals surface area contributed by atoms with Crippen molar-refractivity contribution in [2.24, 2.45) is 11.8 Å². The molecule has 200 valence electrons. The van der Waals surface area contributed by atoms with Crippen LogP contribution in [0.2, 0.25) is 0 Å². The third-order valence-electron chi connectivity index (χ3n) is 7.88. The van der Waals surface area contributed by atoms with Gasteiger partial charge >= 0.3 is 0 Å². The molecule has 1 saturated carbocycles. The van der Waals surface area contributed by atoms with Gasteiger partial charge in [0.15, 0.2) is 5.78 Å². The highest BCUT2D eigenvalue weighted by Gasteiger charge is 2.29. The second-order valence-corrected chi connectivity index (χ2v) is 11.3. The van der Waals surface area contributed by atoms with Crippen molar-refractivity contribution in [3.8, 4) is 5.75 Å². The summed E-state index contributed by atoms with van der Waals surface area (Å²) in [5.74, 6) is 2.16. The van der Waals surface area contributed by atoms with Gasteiger partial charge < -0.3 is 10.1 Å². The Hall–Kier alpha value is -2.66. The quantitative estimate of drug-likeness (QED) is 0.362. The van der Waals surface area contributed by atoms with E-state index in [1.54, 1.807) is 0 Å². The minimum atomic E-state index is -0.546. The van der Waals surface area contributed by atoms with E-state index in [0.717, 1.165) is 43.5 Å². The number of carbonyl (C=O) groups excluding carboxylic acids is 2. The van der Waals surface area contributed by atoms with E-state index in [1.807, 2.05) is 24.3 Å². The van der Waals surface area contributed by atoms with Crippen molar-refractivity contribution in [1.29, 1.82) is 0 Å². The maximum Gasteiger partial charge on any atom is 0.221 e. The average Bonchev–Trinajstić information content (AvgIpc) is 3.34. The Morgan fingerprint density at radius 2 is 1.78 bits per heavy atom. The van der Waals surface area contributed by atoms with Crippen LogP contribution in [0.3, 0.4) is 0 Å². The standard InChI is InChI=1S/C32H44N2O3/c1-24(2)14-18-30(35)32(33-31(36)19-15-25-9-6-7-10-25)34-20-8-13-27-21-29(17-16-28(27)22-34)37-23-26-11-4-3-5-12-26/h3-5,11-12,16-17,21,24-25,32H,6-10,13-15,18-20,22-23H2,1-2H3,(H,33,36). The number of aryl methyl sites for hydroxylation is 1. The van der Waals surface area contributed by atoms with Crippen LogP contribution in [0.5, 0.6) is 5.75 Å². The van der Waals surface area contributed by atoms with Crippen LogP contribution in [-0.2, 0) is 29.2 Å². The maximum absolute atomic E-state index is 13.4. The minimum absolute atomic E-state index is 0.0175. The van der Waals surface area contributed by atoms with Crippen molar-refractivity contribution < 1.29 is 14.3 Å². The zero-order valence-electron chi connectivity index (χ0n) is 22.7. The number of carbonyl (C=O) groups is 2. The highest BCUT2D eigenvalue weighted by molar-refractivity contribution is 5.88. The van der Waals surface area contributed by atoms with Gasteiger partial charge in [-0.05, 0) is 66.3 Å². The van der Waals surface area contributed by atoms with Crippen LogP contribution in [-0.4, -0.2) is 29.3 Å². The Labute approximate surface area is 223 Å². The molecule has 2 aromatic carbocycles. The molecule has 2 aromatic rings. The zero-order valence-corrected chi connectivity index (χ0v) is 22.7. The van der Waals surface area contributed by atoms with Crippen molar-refractivity contribution in [2.45, 2.75) is 97.4 Å². The fraction of sp³-hybridized carbons (Fsp3) is 0.562. The molecule has 5 heteroatoms. The molecule has 2 aliphatic rings. The van der Waals surface area contributed by atoms with Gasteiger partial charge in [0, 0.05) is 25.9 Å². The number of nitrogens with one attached hydrogen (secondary N) is 1. The lowest BCUT2D eigenvalue weighted by Crippen LogP contribution is -2.52. The molecule has 1 atom stereocenters. The lowest BCUT2D eigenvalue weighted by Gasteiger charge is -2.31. The molecule has 1 unspecified atom stereocenters. The molecular formula is C32H44N2O3. The summed E-state index contributed by atoms with van der Waals surface area (Å²) in [6.07, 6.45) is 9.20. The van der Waals surface area contributed by atoms with Gasteiger partial charge in [0.05, 0.1) is 0 Å². The van der Waals surface area contributed by atoms with Gasteiger partial charge in [0.1, 0.15) is 18.5 Å². The van der Waals surface area contributed by atoms with Crippen molar-refractivity contribution in [3.05, 3.63) is 65.2 Å². The molecule has 37 heavy (non-hydrogen) atoms. The Balaban J connectivity index is 1.41. The number of amides is 1. The molecule has 1 fully saturated rings. The fourth-order valence-corrected chi connectivity index (χ4v) is 5.61. The van der Waals surface area contributed by atoms with E-state index in [0.29, 0.717) is 37.8 Å². The van der Waals surface area contributed by atoms with E-state index < -0.39 is 6.17 Å². The van der Waals surface area contributed by atoms with Crippen molar-refractivity contribution in [2.75, 3.05) is 6.54 Å². The van der Waals surface area contributed by atoms with E-state index in [4.69, 9.17) is 4.74 Å². The summed E-state index contributed by atoms with van der Waals surface area (Å²) in [6.45, 7) is 6.28. The van der Waals surface area contributed by atoms with Crippen molar-refractivity contribution in [1.82, 2.24) is 10.2 Å². The molecule has 1 N–H and O–H groups in total.